The molecule has 0 amide bonds. The first-order valence-corrected chi connectivity index (χ1v) is 10.6. The molecule has 0 fully saturated rings. The number of hydrogen-bond acceptors (Lipinski definition) is 7. The molecule has 7 nitrogen and oxygen atoms in total. The van der Waals surface area contributed by atoms with Gasteiger partial charge in [-0.05, 0) is 19.4 Å². The van der Waals surface area contributed by atoms with E-state index < -0.39 is 23.7 Å². The molecule has 8 heteroatoms. The summed E-state index contributed by atoms with van der Waals surface area (Å²) in [6, 6.07) is 9.48. The Morgan fingerprint density at radius 3 is 2.39 bits per heavy atom. The Morgan fingerprint density at radius 1 is 1.10 bits per heavy atom. The highest BCUT2D eigenvalue weighted by atomic mass is 31.0. The molecule has 4 unspecified atom stereocenters. The Hall–Kier alpha value is -2.86. The zero-order valence-electron chi connectivity index (χ0n) is 16.9. The van der Waals surface area contributed by atoms with Gasteiger partial charge in [0.25, 0.3) is 0 Å². The summed E-state index contributed by atoms with van der Waals surface area (Å²) in [6.07, 6.45) is 1.35. The van der Waals surface area contributed by atoms with Crippen molar-refractivity contribution >= 4 is 31.7 Å². The van der Waals surface area contributed by atoms with Crippen LogP contribution in [0.5, 0.6) is 11.5 Å². The van der Waals surface area contributed by atoms with Crippen molar-refractivity contribution in [1.82, 2.24) is 4.98 Å². The lowest BCUT2D eigenvalue weighted by molar-refractivity contribution is 0.0977. The minimum absolute atomic E-state index is 0.0490. The zero-order chi connectivity index (χ0) is 22.3. The molecule has 4 rings (SSSR count). The van der Waals surface area contributed by atoms with Gasteiger partial charge >= 0.3 is 0 Å². The number of aromatic nitrogens is 1. The fourth-order valence-corrected chi connectivity index (χ4v) is 4.22. The molecular formula is C23H23N2O5P. The van der Waals surface area contributed by atoms with E-state index in [1.165, 1.54) is 6.20 Å². The largest absolute Gasteiger partial charge is 0.504 e. The van der Waals surface area contributed by atoms with E-state index in [0.717, 1.165) is 0 Å². The fraction of sp³-hybridized carbons (Fsp3) is 0.261. The van der Waals surface area contributed by atoms with Crippen molar-refractivity contribution < 1.29 is 24.5 Å². The van der Waals surface area contributed by atoms with E-state index >= 15 is 0 Å². The number of benzene rings is 2. The maximum absolute atomic E-state index is 13.2. The molecule has 31 heavy (non-hydrogen) atoms. The summed E-state index contributed by atoms with van der Waals surface area (Å²) >= 11 is 0. The summed E-state index contributed by atoms with van der Waals surface area (Å²) in [5.41, 5.74) is 6.72. The number of nitrogens with two attached hydrogens (primary N) is 1. The van der Waals surface area contributed by atoms with Gasteiger partial charge in [0, 0.05) is 40.0 Å². The van der Waals surface area contributed by atoms with E-state index in [1.54, 1.807) is 43.3 Å². The van der Waals surface area contributed by atoms with Crippen LogP contribution < -0.4 is 10.5 Å². The van der Waals surface area contributed by atoms with Crippen LogP contribution in [0.15, 0.2) is 42.6 Å². The molecule has 4 N–H and O–H groups in total. The number of carbonyl (C=O) groups is 2. The highest BCUT2D eigenvalue weighted by Gasteiger charge is 2.36. The topological polar surface area (TPSA) is 123 Å². The zero-order valence-corrected chi connectivity index (χ0v) is 18.1. The second kappa shape index (κ2) is 8.35. The van der Waals surface area contributed by atoms with E-state index in [-0.39, 0.29) is 40.5 Å². The predicted molar refractivity (Wildman–Crippen MR) is 120 cm³/mol. The molecule has 2 aromatic carbocycles. The number of fused-ring (bicyclic) bond motifs is 4. The third-order valence-electron chi connectivity index (χ3n) is 5.50. The maximum atomic E-state index is 13.2. The van der Waals surface area contributed by atoms with Crippen LogP contribution in [0.25, 0.3) is 10.9 Å². The van der Waals surface area contributed by atoms with E-state index in [2.05, 4.69) is 14.2 Å². The van der Waals surface area contributed by atoms with Crippen molar-refractivity contribution in [2.45, 2.75) is 31.1 Å². The van der Waals surface area contributed by atoms with Gasteiger partial charge < -0.3 is 20.7 Å². The van der Waals surface area contributed by atoms with Gasteiger partial charge in [-0.1, -0.05) is 30.3 Å². The number of pyridine rings is 1. The quantitative estimate of drug-likeness (QED) is 0.395. The standard InChI is InChI=1S/C23H23N2O5P/c1-11(26)16(24)9-12(31)10-30-23-19-15(7-4-8-25-19)17-18(22(23)29)21(28)14-6-3-2-5-13(14)20(17)27/h2-8,11-12,16,26,29H,9-10,24,31H2,1H3. The molecule has 0 bridgehead atoms. The number of rotatable bonds is 6. The van der Waals surface area contributed by atoms with Crippen molar-refractivity contribution in [2.24, 2.45) is 5.73 Å². The summed E-state index contributed by atoms with van der Waals surface area (Å²) in [6.45, 7) is 1.78. The lowest BCUT2D eigenvalue weighted by Crippen LogP contribution is -2.35. The van der Waals surface area contributed by atoms with Gasteiger partial charge in [-0.3, -0.25) is 14.6 Å². The number of ether oxygens (including phenoxy) is 1. The van der Waals surface area contributed by atoms with Crippen LogP contribution >= 0.6 is 9.24 Å². The van der Waals surface area contributed by atoms with Crippen molar-refractivity contribution in [2.75, 3.05) is 6.61 Å². The number of carbonyl (C=O) groups excluding carboxylic acids is 2. The van der Waals surface area contributed by atoms with Crippen molar-refractivity contribution in [3.8, 4) is 11.5 Å². The molecule has 0 radical (unpaired) electrons. The maximum Gasteiger partial charge on any atom is 0.198 e. The summed E-state index contributed by atoms with van der Waals surface area (Å²) in [5, 5.41) is 21.1. The average Bonchev–Trinajstić information content (AvgIpc) is 2.76. The summed E-state index contributed by atoms with van der Waals surface area (Å²) in [4.78, 5) is 30.7. The first-order valence-electron chi connectivity index (χ1n) is 9.95. The normalized spacial score (nSPS) is 15.9. The summed E-state index contributed by atoms with van der Waals surface area (Å²) < 4.78 is 5.90. The fourth-order valence-electron chi connectivity index (χ4n) is 3.81. The SMILES string of the molecule is CC(O)C(N)CC(P)COc1c(O)c2c(c3cccnc13)C(=O)c1ccccc1C2=O. The number of nitrogens with zero attached hydrogens (tertiary/aromatic N) is 1. The van der Waals surface area contributed by atoms with Crippen LogP contribution in [0.1, 0.15) is 45.2 Å². The molecule has 0 saturated heterocycles. The molecule has 0 saturated carbocycles. The van der Waals surface area contributed by atoms with Crippen molar-refractivity contribution in [3.05, 3.63) is 64.8 Å². The Labute approximate surface area is 181 Å². The van der Waals surface area contributed by atoms with Crippen LogP contribution in [0.2, 0.25) is 0 Å². The number of aliphatic hydroxyl groups excluding tert-OH is 1. The van der Waals surface area contributed by atoms with Gasteiger partial charge in [-0.2, -0.15) is 0 Å². The monoisotopic (exact) mass is 438 g/mol. The molecule has 4 atom stereocenters. The molecule has 160 valence electrons. The van der Waals surface area contributed by atoms with E-state index in [9.17, 15) is 19.8 Å². The van der Waals surface area contributed by atoms with Gasteiger partial charge in [0.15, 0.2) is 23.1 Å². The lowest BCUT2D eigenvalue weighted by Gasteiger charge is -2.23. The molecule has 1 aliphatic carbocycles. The first kappa shape index (κ1) is 21.4. The van der Waals surface area contributed by atoms with E-state index in [4.69, 9.17) is 10.5 Å². The van der Waals surface area contributed by atoms with Gasteiger partial charge in [0.1, 0.15) is 5.52 Å². The van der Waals surface area contributed by atoms with Crippen LogP contribution in [-0.2, 0) is 0 Å². The molecule has 0 spiro atoms. The number of aliphatic hydroxyl groups is 1. The van der Waals surface area contributed by atoms with E-state index in [1.807, 2.05) is 0 Å². The number of phenols is 1. The number of aromatic hydroxyl groups is 1. The van der Waals surface area contributed by atoms with E-state index in [0.29, 0.717) is 22.9 Å². The third-order valence-corrected chi connectivity index (χ3v) is 5.97. The number of hydrogen-bond donors (Lipinski definition) is 3. The lowest BCUT2D eigenvalue weighted by atomic mass is 9.81. The highest BCUT2D eigenvalue weighted by molar-refractivity contribution is 7.17. The Bertz CT molecular complexity index is 1190. The Morgan fingerprint density at radius 2 is 1.74 bits per heavy atom. The molecule has 1 aliphatic rings. The van der Waals surface area contributed by atoms with Crippen molar-refractivity contribution in [1.29, 1.82) is 0 Å². The summed E-state index contributed by atoms with van der Waals surface area (Å²) in [7, 11) is 2.61. The minimum atomic E-state index is -0.661. The van der Waals surface area contributed by atoms with Crippen LogP contribution in [0.4, 0.5) is 0 Å². The van der Waals surface area contributed by atoms with Crippen LogP contribution in [0, 0.1) is 0 Å². The smallest absolute Gasteiger partial charge is 0.198 e. The summed E-state index contributed by atoms with van der Waals surface area (Å²) in [5.74, 6) is -1.12. The molecular weight excluding hydrogens is 415 g/mol. The number of phenolic OH excluding ortho intramolecular Hbond substituents is 1. The van der Waals surface area contributed by atoms with Crippen LogP contribution in [0.3, 0.4) is 0 Å². The Kier molecular flexibility index (Phi) is 5.75. The second-order valence-corrected chi connectivity index (χ2v) is 8.69. The Balaban J connectivity index is 1.80. The van der Waals surface area contributed by atoms with Crippen molar-refractivity contribution in [3.63, 3.8) is 0 Å². The molecule has 1 heterocycles. The molecule has 1 aromatic heterocycles. The second-order valence-electron chi connectivity index (χ2n) is 7.74. The predicted octanol–water partition coefficient (Wildman–Crippen LogP) is 2.44. The average molecular weight is 438 g/mol. The molecule has 3 aromatic rings. The van der Waals surface area contributed by atoms with Gasteiger partial charge in [-0.15, -0.1) is 9.24 Å². The third kappa shape index (κ3) is 3.69. The van der Waals surface area contributed by atoms with Gasteiger partial charge in [0.05, 0.1) is 18.3 Å². The van der Waals surface area contributed by atoms with Crippen LogP contribution in [-0.4, -0.2) is 51.2 Å². The van der Waals surface area contributed by atoms with Gasteiger partial charge in [0.2, 0.25) is 0 Å². The highest BCUT2D eigenvalue weighted by Crippen LogP contribution is 2.44. The van der Waals surface area contributed by atoms with Gasteiger partial charge in [-0.25, -0.2) is 0 Å². The molecule has 0 aliphatic heterocycles. The first-order chi connectivity index (χ1) is 14.8. The number of ketones is 2. The minimum Gasteiger partial charge on any atom is -0.504 e.